The molecule has 0 fully saturated rings. The van der Waals surface area contributed by atoms with E-state index in [0.29, 0.717) is 12.1 Å². The number of carbonyl (C=O) groups is 1. The molecule has 0 saturated heterocycles. The fourth-order valence-electron chi connectivity index (χ4n) is 2.43. The van der Waals surface area contributed by atoms with Crippen LogP contribution in [0.4, 0.5) is 5.69 Å². The van der Waals surface area contributed by atoms with Crippen LogP contribution in [0.1, 0.15) is 21.9 Å². The van der Waals surface area contributed by atoms with Crippen LogP contribution in [-0.4, -0.2) is 27.5 Å². The smallest absolute Gasteiger partial charge is 0.276 e. The van der Waals surface area contributed by atoms with E-state index in [1.807, 2.05) is 41.9 Å². The average Bonchev–Trinajstić information content (AvgIpc) is 2.96. The molecule has 0 aliphatic rings. The van der Waals surface area contributed by atoms with Crippen LogP contribution in [0.2, 0.25) is 0 Å². The molecule has 116 valence electrons. The number of amides is 1. The summed E-state index contributed by atoms with van der Waals surface area (Å²) in [6, 6.07) is 13.8. The van der Waals surface area contributed by atoms with Gasteiger partial charge in [-0.1, -0.05) is 30.3 Å². The Morgan fingerprint density at radius 2 is 1.91 bits per heavy atom. The lowest BCUT2D eigenvalue weighted by atomic mass is 10.1. The topological polar surface area (TPSA) is 51.0 Å². The lowest BCUT2D eigenvalue weighted by Gasteiger charge is -2.17. The number of nitrogens with zero attached hydrogens (tertiary/aromatic N) is 4. The molecule has 3 rings (SSSR count). The maximum absolute atomic E-state index is 12.7. The highest BCUT2D eigenvalue weighted by Crippen LogP contribution is 2.15. The number of rotatable bonds is 4. The maximum Gasteiger partial charge on any atom is 0.276 e. The zero-order valence-corrected chi connectivity index (χ0v) is 13.2. The predicted octanol–water partition coefficient (Wildman–Crippen LogP) is 2.68. The Kier molecular flexibility index (Phi) is 4.19. The largest absolute Gasteiger partial charge is 0.327 e. The summed E-state index contributed by atoms with van der Waals surface area (Å²) in [5.74, 6) is 0.756. The van der Waals surface area contributed by atoms with Crippen molar-refractivity contribution in [3.63, 3.8) is 0 Å². The standard InChI is InChI=1S/C18H18N4O/c1-21(15-9-6-10-19-12-15)18(23)16-13-20-17(22(16)2)11-14-7-4-3-5-8-14/h3-10,12-13H,11H2,1-2H3. The molecule has 0 N–H and O–H groups in total. The normalized spacial score (nSPS) is 10.5. The predicted molar refractivity (Wildman–Crippen MR) is 89.4 cm³/mol. The number of aromatic nitrogens is 3. The van der Waals surface area contributed by atoms with Gasteiger partial charge in [0.15, 0.2) is 0 Å². The fraction of sp³-hybridized carbons (Fsp3) is 0.167. The van der Waals surface area contributed by atoms with Gasteiger partial charge in [-0.15, -0.1) is 0 Å². The average molecular weight is 306 g/mol. The highest BCUT2D eigenvalue weighted by Gasteiger charge is 2.19. The van der Waals surface area contributed by atoms with Crippen LogP contribution in [-0.2, 0) is 13.5 Å². The summed E-state index contributed by atoms with van der Waals surface area (Å²) in [6.07, 6.45) is 5.68. The maximum atomic E-state index is 12.7. The van der Waals surface area contributed by atoms with Crippen molar-refractivity contribution < 1.29 is 4.79 Å². The first kappa shape index (κ1) is 15.0. The van der Waals surface area contributed by atoms with Crippen LogP contribution in [0.3, 0.4) is 0 Å². The first-order valence-corrected chi connectivity index (χ1v) is 7.39. The van der Waals surface area contributed by atoms with Gasteiger partial charge in [0.25, 0.3) is 5.91 Å². The van der Waals surface area contributed by atoms with E-state index >= 15 is 0 Å². The van der Waals surface area contributed by atoms with Gasteiger partial charge in [-0.05, 0) is 17.7 Å². The molecule has 0 bridgehead atoms. The van der Waals surface area contributed by atoms with E-state index in [2.05, 4.69) is 22.1 Å². The molecule has 5 nitrogen and oxygen atoms in total. The van der Waals surface area contributed by atoms with Crippen molar-refractivity contribution in [1.82, 2.24) is 14.5 Å². The molecule has 1 aromatic carbocycles. The fourth-order valence-corrected chi connectivity index (χ4v) is 2.43. The van der Waals surface area contributed by atoms with E-state index in [0.717, 1.165) is 11.5 Å². The molecule has 0 spiro atoms. The molecule has 0 unspecified atom stereocenters. The second-order valence-corrected chi connectivity index (χ2v) is 5.36. The van der Waals surface area contributed by atoms with Crippen LogP contribution in [0, 0.1) is 0 Å². The number of hydrogen-bond donors (Lipinski definition) is 0. The minimum Gasteiger partial charge on any atom is -0.327 e. The molecule has 2 aromatic heterocycles. The Balaban J connectivity index is 1.83. The molecule has 1 amide bonds. The number of carbonyl (C=O) groups excluding carboxylic acids is 1. The molecule has 0 radical (unpaired) electrons. The molecule has 0 atom stereocenters. The number of anilines is 1. The van der Waals surface area contributed by atoms with Crippen molar-refractivity contribution >= 4 is 11.6 Å². The van der Waals surface area contributed by atoms with E-state index in [1.165, 1.54) is 5.56 Å². The van der Waals surface area contributed by atoms with Crippen LogP contribution in [0.15, 0.2) is 61.1 Å². The molecule has 2 heterocycles. The number of benzene rings is 1. The minimum atomic E-state index is -0.104. The lowest BCUT2D eigenvalue weighted by Crippen LogP contribution is -2.28. The van der Waals surface area contributed by atoms with Crippen LogP contribution in [0.25, 0.3) is 0 Å². The van der Waals surface area contributed by atoms with Gasteiger partial charge in [0, 0.05) is 26.7 Å². The van der Waals surface area contributed by atoms with Gasteiger partial charge in [-0.25, -0.2) is 4.98 Å². The molecule has 0 aliphatic heterocycles. The number of hydrogen-bond acceptors (Lipinski definition) is 3. The van der Waals surface area contributed by atoms with Gasteiger partial charge in [0.1, 0.15) is 11.5 Å². The van der Waals surface area contributed by atoms with E-state index in [1.54, 1.807) is 30.5 Å². The van der Waals surface area contributed by atoms with E-state index < -0.39 is 0 Å². The monoisotopic (exact) mass is 306 g/mol. The highest BCUT2D eigenvalue weighted by atomic mass is 16.2. The summed E-state index contributed by atoms with van der Waals surface area (Å²) < 4.78 is 1.85. The van der Waals surface area contributed by atoms with Gasteiger partial charge in [-0.2, -0.15) is 0 Å². The Hall–Kier alpha value is -2.95. The highest BCUT2D eigenvalue weighted by molar-refractivity contribution is 6.04. The van der Waals surface area contributed by atoms with Crippen LogP contribution >= 0.6 is 0 Å². The second kappa shape index (κ2) is 6.44. The van der Waals surface area contributed by atoms with Gasteiger partial charge in [-0.3, -0.25) is 9.78 Å². The number of pyridine rings is 1. The van der Waals surface area contributed by atoms with Crippen LogP contribution < -0.4 is 4.90 Å². The molecule has 23 heavy (non-hydrogen) atoms. The molecule has 3 aromatic rings. The van der Waals surface area contributed by atoms with E-state index in [9.17, 15) is 4.79 Å². The minimum absolute atomic E-state index is 0.104. The van der Waals surface area contributed by atoms with E-state index in [-0.39, 0.29) is 5.91 Å². The Bertz CT molecular complexity index is 796. The molecule has 5 heteroatoms. The molecular formula is C18H18N4O. The zero-order chi connectivity index (χ0) is 16.2. The van der Waals surface area contributed by atoms with Crippen molar-refractivity contribution in [3.8, 4) is 0 Å². The first-order valence-electron chi connectivity index (χ1n) is 7.39. The second-order valence-electron chi connectivity index (χ2n) is 5.36. The molecular weight excluding hydrogens is 288 g/mol. The summed E-state index contributed by atoms with van der Waals surface area (Å²) in [5.41, 5.74) is 2.48. The Labute approximate surface area is 135 Å². The SMILES string of the molecule is CN(C(=O)c1cnc(Cc2ccccc2)n1C)c1cccnc1. The first-order chi connectivity index (χ1) is 11.2. The van der Waals surface area contributed by atoms with Gasteiger partial charge in [0.05, 0.1) is 18.1 Å². The van der Waals surface area contributed by atoms with Gasteiger partial charge < -0.3 is 9.47 Å². The van der Waals surface area contributed by atoms with Crippen molar-refractivity contribution in [3.05, 3.63) is 78.1 Å². The summed E-state index contributed by atoms with van der Waals surface area (Å²) in [6.45, 7) is 0. The third kappa shape index (κ3) is 3.13. The zero-order valence-electron chi connectivity index (χ0n) is 13.2. The third-order valence-corrected chi connectivity index (χ3v) is 3.85. The van der Waals surface area contributed by atoms with Crippen LogP contribution in [0.5, 0.6) is 0 Å². The van der Waals surface area contributed by atoms with Crippen molar-refractivity contribution in [2.45, 2.75) is 6.42 Å². The van der Waals surface area contributed by atoms with Gasteiger partial charge in [0.2, 0.25) is 0 Å². The Morgan fingerprint density at radius 1 is 1.13 bits per heavy atom. The number of imidazole rings is 1. The molecule has 0 saturated carbocycles. The van der Waals surface area contributed by atoms with E-state index in [4.69, 9.17) is 0 Å². The quantitative estimate of drug-likeness (QED) is 0.744. The summed E-state index contributed by atoms with van der Waals surface area (Å²) >= 11 is 0. The third-order valence-electron chi connectivity index (χ3n) is 3.85. The van der Waals surface area contributed by atoms with Crippen molar-refractivity contribution in [2.75, 3.05) is 11.9 Å². The Morgan fingerprint density at radius 3 is 2.61 bits per heavy atom. The summed E-state index contributed by atoms with van der Waals surface area (Å²) in [7, 11) is 3.61. The van der Waals surface area contributed by atoms with Crippen molar-refractivity contribution in [2.24, 2.45) is 7.05 Å². The molecule has 0 aliphatic carbocycles. The lowest BCUT2D eigenvalue weighted by molar-refractivity contribution is 0.0985. The summed E-state index contributed by atoms with van der Waals surface area (Å²) in [5, 5.41) is 0. The van der Waals surface area contributed by atoms with Crippen molar-refractivity contribution in [1.29, 1.82) is 0 Å². The van der Waals surface area contributed by atoms with Gasteiger partial charge >= 0.3 is 0 Å². The summed E-state index contributed by atoms with van der Waals surface area (Å²) in [4.78, 5) is 22.7.